The van der Waals surface area contributed by atoms with E-state index in [2.05, 4.69) is 10.3 Å². The Morgan fingerprint density at radius 2 is 2.50 bits per heavy atom. The molecule has 1 aliphatic carbocycles. The normalized spacial score (nSPS) is 30.1. The van der Waals surface area contributed by atoms with Gasteiger partial charge in [0.1, 0.15) is 5.01 Å². The van der Waals surface area contributed by atoms with E-state index in [0.29, 0.717) is 6.04 Å². The summed E-state index contributed by atoms with van der Waals surface area (Å²) in [6.45, 7) is 1.80. The topological polar surface area (TPSA) is 34.1 Å². The first-order valence-electron chi connectivity index (χ1n) is 5.17. The zero-order valence-corrected chi connectivity index (χ0v) is 8.85. The van der Waals surface area contributed by atoms with Crippen LogP contribution in [0.5, 0.6) is 0 Å². The Kier molecular flexibility index (Phi) is 2.08. The lowest BCUT2D eigenvalue weighted by Gasteiger charge is -2.49. The highest BCUT2D eigenvalue weighted by molar-refractivity contribution is 7.09. The molecular weight excluding hydrogens is 196 g/mol. The standard InChI is InChI=1S/C10H14N2OS/c1-2-10(3-1)8(11-4-6-13-10)9-12-5-7-14-9/h5,7-8,11H,1-4,6H2. The monoisotopic (exact) mass is 210 g/mol. The van der Waals surface area contributed by atoms with Crippen molar-refractivity contribution in [1.29, 1.82) is 0 Å². The number of hydrogen-bond acceptors (Lipinski definition) is 4. The van der Waals surface area contributed by atoms with Gasteiger partial charge in [0.05, 0.1) is 18.2 Å². The van der Waals surface area contributed by atoms with E-state index >= 15 is 0 Å². The molecule has 76 valence electrons. The quantitative estimate of drug-likeness (QED) is 0.766. The predicted molar refractivity (Wildman–Crippen MR) is 55.4 cm³/mol. The van der Waals surface area contributed by atoms with Gasteiger partial charge in [-0.1, -0.05) is 0 Å². The third-order valence-corrected chi connectivity index (χ3v) is 4.10. The van der Waals surface area contributed by atoms with Crippen molar-refractivity contribution in [3.63, 3.8) is 0 Å². The van der Waals surface area contributed by atoms with Gasteiger partial charge in [0.2, 0.25) is 0 Å². The maximum absolute atomic E-state index is 5.94. The lowest BCUT2D eigenvalue weighted by Crippen LogP contribution is -2.56. The molecule has 0 amide bonds. The molecule has 3 nitrogen and oxygen atoms in total. The Bertz CT molecular complexity index is 308. The van der Waals surface area contributed by atoms with Gasteiger partial charge in [0.25, 0.3) is 0 Å². The number of hydrogen-bond donors (Lipinski definition) is 1. The summed E-state index contributed by atoms with van der Waals surface area (Å²) in [5, 5.41) is 6.76. The molecule has 1 aromatic rings. The van der Waals surface area contributed by atoms with Crippen molar-refractivity contribution in [3.8, 4) is 0 Å². The first-order chi connectivity index (χ1) is 6.91. The largest absolute Gasteiger partial charge is 0.372 e. The molecule has 1 saturated heterocycles. The minimum atomic E-state index is 0.0795. The average Bonchev–Trinajstić information content (AvgIpc) is 2.68. The van der Waals surface area contributed by atoms with Crippen LogP contribution in [0.25, 0.3) is 0 Å². The van der Waals surface area contributed by atoms with E-state index in [4.69, 9.17) is 4.74 Å². The number of aromatic nitrogens is 1. The molecule has 2 fully saturated rings. The van der Waals surface area contributed by atoms with Crippen LogP contribution < -0.4 is 5.32 Å². The number of nitrogens with zero attached hydrogens (tertiary/aromatic N) is 1. The summed E-state index contributed by atoms with van der Waals surface area (Å²) in [5.74, 6) is 0. The van der Waals surface area contributed by atoms with Crippen molar-refractivity contribution in [3.05, 3.63) is 16.6 Å². The third-order valence-electron chi connectivity index (χ3n) is 3.26. The molecular formula is C10H14N2OS. The smallest absolute Gasteiger partial charge is 0.112 e. The van der Waals surface area contributed by atoms with Crippen LogP contribution in [0.2, 0.25) is 0 Å². The van der Waals surface area contributed by atoms with Gasteiger partial charge in [0, 0.05) is 18.1 Å². The van der Waals surface area contributed by atoms with Gasteiger partial charge in [-0.3, -0.25) is 0 Å². The summed E-state index contributed by atoms with van der Waals surface area (Å²) in [5.41, 5.74) is 0.0795. The van der Waals surface area contributed by atoms with Gasteiger partial charge in [-0.05, 0) is 19.3 Å². The summed E-state index contributed by atoms with van der Waals surface area (Å²) in [6, 6.07) is 0.338. The van der Waals surface area contributed by atoms with Crippen LogP contribution in [0.1, 0.15) is 30.3 Å². The van der Waals surface area contributed by atoms with Crippen LogP contribution in [-0.2, 0) is 4.74 Å². The lowest BCUT2D eigenvalue weighted by molar-refractivity contribution is -0.146. The van der Waals surface area contributed by atoms with Gasteiger partial charge in [-0.15, -0.1) is 11.3 Å². The number of ether oxygens (including phenoxy) is 1. The average molecular weight is 210 g/mol. The maximum atomic E-state index is 5.94. The number of morpholine rings is 1. The van der Waals surface area contributed by atoms with Crippen LogP contribution >= 0.6 is 11.3 Å². The van der Waals surface area contributed by atoms with Crippen LogP contribution in [-0.4, -0.2) is 23.7 Å². The van der Waals surface area contributed by atoms with E-state index in [9.17, 15) is 0 Å². The Balaban J connectivity index is 1.88. The molecule has 1 N–H and O–H groups in total. The highest BCUT2D eigenvalue weighted by Gasteiger charge is 2.48. The maximum Gasteiger partial charge on any atom is 0.112 e. The van der Waals surface area contributed by atoms with E-state index in [1.54, 1.807) is 11.3 Å². The van der Waals surface area contributed by atoms with E-state index < -0.39 is 0 Å². The molecule has 2 aliphatic rings. The minimum Gasteiger partial charge on any atom is -0.372 e. The van der Waals surface area contributed by atoms with Crippen LogP contribution in [0.4, 0.5) is 0 Å². The molecule has 1 saturated carbocycles. The Morgan fingerprint density at radius 1 is 1.57 bits per heavy atom. The second-order valence-electron chi connectivity index (χ2n) is 4.02. The van der Waals surface area contributed by atoms with E-state index in [0.717, 1.165) is 13.2 Å². The van der Waals surface area contributed by atoms with Gasteiger partial charge in [-0.2, -0.15) is 0 Å². The van der Waals surface area contributed by atoms with Crippen molar-refractivity contribution in [2.24, 2.45) is 0 Å². The number of rotatable bonds is 1. The van der Waals surface area contributed by atoms with Crippen molar-refractivity contribution >= 4 is 11.3 Å². The number of nitrogens with one attached hydrogen (secondary N) is 1. The molecule has 2 heterocycles. The molecule has 1 spiro atoms. The lowest BCUT2D eigenvalue weighted by atomic mass is 9.74. The van der Waals surface area contributed by atoms with Crippen LogP contribution in [0.3, 0.4) is 0 Å². The summed E-state index contributed by atoms with van der Waals surface area (Å²) < 4.78 is 5.94. The van der Waals surface area contributed by atoms with E-state index in [1.165, 1.54) is 24.3 Å². The van der Waals surface area contributed by atoms with Crippen molar-refractivity contribution < 1.29 is 4.74 Å². The van der Waals surface area contributed by atoms with E-state index in [1.807, 2.05) is 11.6 Å². The fourth-order valence-corrected chi connectivity index (χ4v) is 3.19. The molecule has 1 aliphatic heterocycles. The SMILES string of the molecule is c1csc(C2NCCOC23CCC3)n1. The highest BCUT2D eigenvalue weighted by atomic mass is 32.1. The van der Waals surface area contributed by atoms with Crippen LogP contribution in [0.15, 0.2) is 11.6 Å². The zero-order chi connectivity index (χ0) is 9.43. The summed E-state index contributed by atoms with van der Waals surface area (Å²) in [7, 11) is 0. The summed E-state index contributed by atoms with van der Waals surface area (Å²) >= 11 is 1.73. The molecule has 1 aromatic heterocycles. The molecule has 3 rings (SSSR count). The van der Waals surface area contributed by atoms with Gasteiger partial charge in [-0.25, -0.2) is 4.98 Å². The Morgan fingerprint density at radius 3 is 3.14 bits per heavy atom. The van der Waals surface area contributed by atoms with Gasteiger partial charge in [0.15, 0.2) is 0 Å². The van der Waals surface area contributed by atoms with Crippen molar-refractivity contribution in [1.82, 2.24) is 10.3 Å². The fraction of sp³-hybridized carbons (Fsp3) is 0.700. The number of thiazole rings is 1. The highest BCUT2D eigenvalue weighted by Crippen LogP contribution is 2.46. The van der Waals surface area contributed by atoms with Crippen LogP contribution in [0, 0.1) is 0 Å². The first kappa shape index (κ1) is 8.83. The van der Waals surface area contributed by atoms with Crippen molar-refractivity contribution in [2.45, 2.75) is 30.9 Å². The zero-order valence-electron chi connectivity index (χ0n) is 8.03. The second-order valence-corrected chi connectivity index (χ2v) is 4.95. The fourth-order valence-electron chi connectivity index (χ4n) is 2.37. The minimum absolute atomic E-state index is 0.0795. The Labute approximate surface area is 87.5 Å². The predicted octanol–water partition coefficient (Wildman–Crippen LogP) is 1.73. The molecule has 14 heavy (non-hydrogen) atoms. The van der Waals surface area contributed by atoms with Gasteiger partial charge < -0.3 is 10.1 Å². The molecule has 0 aromatic carbocycles. The molecule has 4 heteroatoms. The summed E-state index contributed by atoms with van der Waals surface area (Å²) in [6.07, 6.45) is 5.54. The molecule has 0 radical (unpaired) electrons. The second kappa shape index (κ2) is 3.29. The molecule has 0 bridgehead atoms. The summed E-state index contributed by atoms with van der Waals surface area (Å²) in [4.78, 5) is 4.39. The van der Waals surface area contributed by atoms with Gasteiger partial charge >= 0.3 is 0 Å². The molecule has 1 atom stereocenters. The Hall–Kier alpha value is -0.450. The third kappa shape index (κ3) is 1.21. The van der Waals surface area contributed by atoms with Crippen molar-refractivity contribution in [2.75, 3.05) is 13.2 Å². The first-order valence-corrected chi connectivity index (χ1v) is 6.05. The molecule has 1 unspecified atom stereocenters. The van der Waals surface area contributed by atoms with E-state index in [-0.39, 0.29) is 5.60 Å².